The summed E-state index contributed by atoms with van der Waals surface area (Å²) in [6, 6.07) is -1.45. The van der Waals surface area contributed by atoms with Gasteiger partial charge in [0, 0.05) is 26.3 Å². The predicted molar refractivity (Wildman–Crippen MR) is 79.1 cm³/mol. The number of urea groups is 1. The third-order valence-corrected chi connectivity index (χ3v) is 3.66. The molecular weight excluding hydrogens is 327 g/mol. The number of carbonyl (C=O) groups is 2. The Morgan fingerprint density at radius 3 is 2.83 bits per heavy atom. The van der Waals surface area contributed by atoms with Crippen LogP contribution >= 0.6 is 0 Å². The van der Waals surface area contributed by atoms with Crippen molar-refractivity contribution in [3.05, 3.63) is 18.0 Å². The van der Waals surface area contributed by atoms with Gasteiger partial charge in [-0.1, -0.05) is 0 Å². The average Bonchev–Trinajstić information content (AvgIpc) is 3.03. The van der Waals surface area contributed by atoms with E-state index in [9.17, 15) is 22.8 Å². The van der Waals surface area contributed by atoms with Crippen LogP contribution in [0.1, 0.15) is 18.4 Å². The van der Waals surface area contributed by atoms with E-state index in [-0.39, 0.29) is 13.0 Å². The monoisotopic (exact) mass is 347 g/mol. The normalized spacial score (nSPS) is 18.1. The van der Waals surface area contributed by atoms with Gasteiger partial charge in [-0.2, -0.15) is 18.3 Å². The van der Waals surface area contributed by atoms with Crippen molar-refractivity contribution >= 4 is 11.9 Å². The Morgan fingerprint density at radius 1 is 1.46 bits per heavy atom. The van der Waals surface area contributed by atoms with E-state index in [0.717, 1.165) is 12.0 Å². The lowest BCUT2D eigenvalue weighted by Gasteiger charge is -2.18. The Balaban J connectivity index is 1.66. The maximum atomic E-state index is 12.3. The molecule has 1 aliphatic heterocycles. The quantitative estimate of drug-likeness (QED) is 0.748. The number of hydrogen-bond donors (Lipinski definition) is 2. The molecule has 1 aromatic rings. The van der Waals surface area contributed by atoms with Crippen LogP contribution in [-0.4, -0.2) is 58.5 Å². The first-order chi connectivity index (χ1) is 11.2. The fourth-order valence-corrected chi connectivity index (χ4v) is 2.55. The van der Waals surface area contributed by atoms with E-state index in [1.54, 1.807) is 10.9 Å². The topological polar surface area (TPSA) is 79.3 Å². The molecule has 0 aromatic carbocycles. The van der Waals surface area contributed by atoms with Crippen LogP contribution in [0, 0.1) is 0 Å². The van der Waals surface area contributed by atoms with E-state index in [4.69, 9.17) is 0 Å². The molecule has 0 aliphatic carbocycles. The summed E-state index contributed by atoms with van der Waals surface area (Å²) in [5.41, 5.74) is 1.05. The molecule has 24 heavy (non-hydrogen) atoms. The van der Waals surface area contributed by atoms with Gasteiger partial charge < -0.3 is 15.5 Å². The van der Waals surface area contributed by atoms with E-state index in [2.05, 4.69) is 15.7 Å². The molecule has 10 heteroatoms. The summed E-state index contributed by atoms with van der Waals surface area (Å²) in [7, 11) is 1.82. The lowest BCUT2D eigenvalue weighted by atomic mass is 10.2. The molecule has 0 unspecified atom stereocenters. The van der Waals surface area contributed by atoms with Crippen molar-refractivity contribution in [2.75, 3.05) is 19.6 Å². The Hall–Kier alpha value is -2.26. The van der Waals surface area contributed by atoms with Crippen LogP contribution < -0.4 is 10.6 Å². The van der Waals surface area contributed by atoms with Crippen molar-refractivity contribution in [2.24, 2.45) is 7.05 Å². The van der Waals surface area contributed by atoms with Crippen molar-refractivity contribution in [2.45, 2.75) is 31.5 Å². The second-order valence-corrected chi connectivity index (χ2v) is 5.74. The highest BCUT2D eigenvalue weighted by Crippen LogP contribution is 2.20. The van der Waals surface area contributed by atoms with Crippen LogP contribution in [0.5, 0.6) is 0 Å². The zero-order valence-corrected chi connectivity index (χ0v) is 13.3. The first-order valence-corrected chi connectivity index (χ1v) is 7.62. The molecule has 0 bridgehead atoms. The molecule has 2 heterocycles. The zero-order valence-electron chi connectivity index (χ0n) is 13.3. The van der Waals surface area contributed by atoms with Crippen LogP contribution in [0.2, 0.25) is 0 Å². The Bertz CT molecular complexity index is 587. The maximum absolute atomic E-state index is 12.3. The number of aryl methyl sites for hydroxylation is 2. The summed E-state index contributed by atoms with van der Waals surface area (Å²) < 4.78 is 38.6. The standard InChI is InChI=1S/C14H20F3N5O2/c1-21-8-10(7-19-21)3-2-5-18-13(24)20-11-4-6-22(12(11)23)9-14(15,16)17/h7-8,11H,2-6,9H2,1H3,(H2,18,20,24)/t11-/m1/s1. The highest BCUT2D eigenvalue weighted by atomic mass is 19.4. The molecule has 1 aliphatic rings. The second-order valence-electron chi connectivity index (χ2n) is 5.74. The Kier molecular flexibility index (Phi) is 5.68. The van der Waals surface area contributed by atoms with E-state index in [1.807, 2.05) is 13.2 Å². The minimum absolute atomic E-state index is 0.00963. The number of carbonyl (C=O) groups excluding carboxylic acids is 2. The summed E-state index contributed by atoms with van der Waals surface area (Å²) in [5, 5.41) is 9.06. The van der Waals surface area contributed by atoms with Gasteiger partial charge in [0.15, 0.2) is 0 Å². The third-order valence-electron chi connectivity index (χ3n) is 3.66. The molecule has 7 nitrogen and oxygen atoms in total. The molecule has 1 saturated heterocycles. The lowest BCUT2D eigenvalue weighted by molar-refractivity contribution is -0.157. The van der Waals surface area contributed by atoms with Crippen LogP contribution in [0.25, 0.3) is 0 Å². The fourth-order valence-electron chi connectivity index (χ4n) is 2.55. The van der Waals surface area contributed by atoms with Crippen molar-refractivity contribution in [1.29, 1.82) is 0 Å². The Morgan fingerprint density at radius 2 is 2.21 bits per heavy atom. The smallest absolute Gasteiger partial charge is 0.338 e. The molecule has 2 N–H and O–H groups in total. The fraction of sp³-hybridized carbons (Fsp3) is 0.643. The van der Waals surface area contributed by atoms with Crippen molar-refractivity contribution in [3.8, 4) is 0 Å². The second kappa shape index (κ2) is 7.54. The number of nitrogens with one attached hydrogen (secondary N) is 2. The van der Waals surface area contributed by atoms with E-state index >= 15 is 0 Å². The van der Waals surface area contributed by atoms with Gasteiger partial charge in [0.2, 0.25) is 5.91 Å². The molecule has 1 atom stereocenters. The minimum Gasteiger partial charge on any atom is -0.338 e. The van der Waals surface area contributed by atoms with E-state index < -0.39 is 30.7 Å². The molecule has 1 fully saturated rings. The van der Waals surface area contributed by atoms with Crippen LogP contribution in [-0.2, 0) is 18.3 Å². The number of alkyl halides is 3. The Labute approximate surface area is 137 Å². The number of hydrogen-bond acceptors (Lipinski definition) is 3. The highest BCUT2D eigenvalue weighted by molar-refractivity contribution is 5.88. The number of likely N-dealkylation sites (tertiary alicyclic amines) is 1. The van der Waals surface area contributed by atoms with E-state index in [0.29, 0.717) is 17.9 Å². The summed E-state index contributed by atoms with van der Waals surface area (Å²) in [5.74, 6) is -0.696. The highest BCUT2D eigenvalue weighted by Gasteiger charge is 2.39. The van der Waals surface area contributed by atoms with Gasteiger partial charge >= 0.3 is 12.2 Å². The lowest BCUT2D eigenvalue weighted by Crippen LogP contribution is -2.47. The minimum atomic E-state index is -4.43. The predicted octanol–water partition coefficient (Wildman–Crippen LogP) is 0.815. The summed E-state index contributed by atoms with van der Waals surface area (Å²) in [6.07, 6.45) is 0.809. The van der Waals surface area contributed by atoms with E-state index in [1.165, 1.54) is 0 Å². The number of halogens is 3. The number of nitrogens with zero attached hydrogens (tertiary/aromatic N) is 3. The van der Waals surface area contributed by atoms with Crippen molar-refractivity contribution in [3.63, 3.8) is 0 Å². The van der Waals surface area contributed by atoms with Crippen LogP contribution in [0.4, 0.5) is 18.0 Å². The van der Waals surface area contributed by atoms with Gasteiger partial charge in [-0.05, 0) is 24.8 Å². The molecule has 3 amide bonds. The third kappa shape index (κ3) is 5.43. The van der Waals surface area contributed by atoms with Gasteiger partial charge in [-0.25, -0.2) is 4.79 Å². The van der Waals surface area contributed by atoms with Gasteiger partial charge in [-0.3, -0.25) is 9.48 Å². The summed E-state index contributed by atoms with van der Waals surface area (Å²) in [4.78, 5) is 24.2. The molecular formula is C14H20F3N5O2. The zero-order chi connectivity index (χ0) is 17.7. The first-order valence-electron chi connectivity index (χ1n) is 7.62. The average molecular weight is 347 g/mol. The molecule has 1 aromatic heterocycles. The summed E-state index contributed by atoms with van der Waals surface area (Å²) >= 11 is 0. The largest absolute Gasteiger partial charge is 0.406 e. The van der Waals surface area contributed by atoms with Gasteiger partial charge in [-0.15, -0.1) is 0 Å². The molecule has 0 spiro atoms. The number of amides is 3. The maximum Gasteiger partial charge on any atom is 0.406 e. The molecule has 0 saturated carbocycles. The van der Waals surface area contributed by atoms with Gasteiger partial charge in [0.25, 0.3) is 0 Å². The first kappa shape index (κ1) is 18.1. The number of aromatic nitrogens is 2. The van der Waals surface area contributed by atoms with Crippen molar-refractivity contribution < 1.29 is 22.8 Å². The van der Waals surface area contributed by atoms with Gasteiger partial charge in [0.1, 0.15) is 12.6 Å². The molecule has 0 radical (unpaired) electrons. The van der Waals surface area contributed by atoms with Crippen LogP contribution in [0.15, 0.2) is 12.4 Å². The van der Waals surface area contributed by atoms with Crippen LogP contribution in [0.3, 0.4) is 0 Å². The van der Waals surface area contributed by atoms with Crippen molar-refractivity contribution in [1.82, 2.24) is 25.3 Å². The number of rotatable bonds is 6. The van der Waals surface area contributed by atoms with Gasteiger partial charge in [0.05, 0.1) is 6.20 Å². The molecule has 134 valence electrons. The summed E-state index contributed by atoms with van der Waals surface area (Å²) in [6.45, 7) is -0.894. The SMILES string of the molecule is Cn1cc(CCCNC(=O)N[C@@H]2CCN(CC(F)(F)F)C2=O)cn1. The molecule has 2 rings (SSSR count).